The van der Waals surface area contributed by atoms with E-state index in [2.05, 4.69) is 46.8 Å². The Morgan fingerprint density at radius 3 is 2.71 bits per heavy atom. The third kappa shape index (κ3) is 3.71. The second-order valence-electron chi connectivity index (χ2n) is 6.50. The SMILES string of the molecule is c1ccc(Cn2cc(CNCC3CC3)c(-c3cccnc3)n2)cc1. The van der Waals surface area contributed by atoms with E-state index in [0.717, 1.165) is 36.8 Å². The van der Waals surface area contributed by atoms with Crippen molar-refractivity contribution in [1.82, 2.24) is 20.1 Å². The average Bonchev–Trinajstić information content (AvgIpc) is 3.37. The van der Waals surface area contributed by atoms with Crippen molar-refractivity contribution in [3.8, 4) is 11.3 Å². The number of hydrogen-bond acceptors (Lipinski definition) is 3. The molecule has 0 bridgehead atoms. The van der Waals surface area contributed by atoms with Gasteiger partial charge in [0, 0.05) is 36.3 Å². The monoisotopic (exact) mass is 318 g/mol. The summed E-state index contributed by atoms with van der Waals surface area (Å²) in [7, 11) is 0. The molecule has 0 unspecified atom stereocenters. The lowest BCUT2D eigenvalue weighted by atomic mass is 10.1. The van der Waals surface area contributed by atoms with Gasteiger partial charge < -0.3 is 5.32 Å². The van der Waals surface area contributed by atoms with E-state index >= 15 is 0 Å². The molecular formula is C20H22N4. The first kappa shape index (κ1) is 15.1. The summed E-state index contributed by atoms with van der Waals surface area (Å²) in [5.41, 5.74) is 4.60. The van der Waals surface area contributed by atoms with E-state index < -0.39 is 0 Å². The van der Waals surface area contributed by atoms with Gasteiger partial charge in [0.2, 0.25) is 0 Å². The Kier molecular flexibility index (Phi) is 4.38. The molecule has 4 rings (SSSR count). The van der Waals surface area contributed by atoms with Gasteiger partial charge in [-0.25, -0.2) is 0 Å². The molecule has 1 aliphatic carbocycles. The number of benzene rings is 1. The lowest BCUT2D eigenvalue weighted by Gasteiger charge is -2.03. The molecule has 2 aromatic heterocycles. The quantitative estimate of drug-likeness (QED) is 0.725. The van der Waals surface area contributed by atoms with Crippen molar-refractivity contribution < 1.29 is 0 Å². The molecule has 1 aliphatic rings. The predicted octanol–water partition coefficient (Wildman–Crippen LogP) is 3.49. The van der Waals surface area contributed by atoms with E-state index in [1.54, 1.807) is 6.20 Å². The van der Waals surface area contributed by atoms with Crippen LogP contribution in [-0.2, 0) is 13.1 Å². The number of hydrogen-bond donors (Lipinski definition) is 1. The minimum absolute atomic E-state index is 0.788. The zero-order chi connectivity index (χ0) is 16.2. The normalized spacial score (nSPS) is 14.0. The molecular weight excluding hydrogens is 296 g/mol. The van der Waals surface area contributed by atoms with Gasteiger partial charge in [-0.1, -0.05) is 30.3 Å². The number of pyridine rings is 1. The second kappa shape index (κ2) is 6.97. The van der Waals surface area contributed by atoms with Crippen LogP contribution in [0.5, 0.6) is 0 Å². The number of aromatic nitrogens is 3. The minimum Gasteiger partial charge on any atom is -0.312 e. The van der Waals surface area contributed by atoms with Crippen molar-refractivity contribution in [2.45, 2.75) is 25.9 Å². The summed E-state index contributed by atoms with van der Waals surface area (Å²) in [6.07, 6.45) is 8.59. The number of nitrogens with one attached hydrogen (secondary N) is 1. The van der Waals surface area contributed by atoms with Crippen LogP contribution in [0.25, 0.3) is 11.3 Å². The van der Waals surface area contributed by atoms with Crippen molar-refractivity contribution in [2.24, 2.45) is 5.92 Å². The van der Waals surface area contributed by atoms with Gasteiger partial charge in [-0.05, 0) is 43.0 Å². The highest BCUT2D eigenvalue weighted by molar-refractivity contribution is 5.61. The molecule has 4 heteroatoms. The molecule has 4 nitrogen and oxygen atoms in total. The fourth-order valence-corrected chi connectivity index (χ4v) is 2.92. The number of rotatable bonds is 7. The Morgan fingerprint density at radius 1 is 1.08 bits per heavy atom. The molecule has 1 saturated carbocycles. The maximum atomic E-state index is 4.83. The Hall–Kier alpha value is -2.46. The first-order valence-electron chi connectivity index (χ1n) is 8.60. The largest absolute Gasteiger partial charge is 0.312 e. The van der Waals surface area contributed by atoms with Crippen molar-refractivity contribution in [3.63, 3.8) is 0 Å². The van der Waals surface area contributed by atoms with Crippen LogP contribution >= 0.6 is 0 Å². The first-order valence-corrected chi connectivity index (χ1v) is 8.60. The summed E-state index contributed by atoms with van der Waals surface area (Å²) in [4.78, 5) is 4.24. The molecule has 122 valence electrons. The Labute approximate surface area is 142 Å². The predicted molar refractivity (Wildman–Crippen MR) is 95.4 cm³/mol. The Bertz CT molecular complexity index is 776. The van der Waals surface area contributed by atoms with Crippen molar-refractivity contribution in [2.75, 3.05) is 6.54 Å². The van der Waals surface area contributed by atoms with Crippen LogP contribution in [0, 0.1) is 5.92 Å². The van der Waals surface area contributed by atoms with Crippen LogP contribution in [0.2, 0.25) is 0 Å². The van der Waals surface area contributed by atoms with E-state index in [1.807, 2.05) is 23.0 Å². The third-order valence-electron chi connectivity index (χ3n) is 4.41. The van der Waals surface area contributed by atoms with Gasteiger partial charge in [0.25, 0.3) is 0 Å². The van der Waals surface area contributed by atoms with E-state index in [1.165, 1.54) is 24.0 Å². The molecule has 3 aromatic rings. The topological polar surface area (TPSA) is 42.7 Å². The fourth-order valence-electron chi connectivity index (χ4n) is 2.92. The highest BCUT2D eigenvalue weighted by Crippen LogP contribution is 2.28. The lowest BCUT2D eigenvalue weighted by Crippen LogP contribution is -2.16. The Morgan fingerprint density at radius 2 is 1.96 bits per heavy atom. The molecule has 1 aromatic carbocycles. The summed E-state index contributed by atoms with van der Waals surface area (Å²) < 4.78 is 2.03. The van der Waals surface area contributed by atoms with Gasteiger partial charge in [0.1, 0.15) is 0 Å². The van der Waals surface area contributed by atoms with E-state index in [4.69, 9.17) is 5.10 Å². The van der Waals surface area contributed by atoms with Gasteiger partial charge in [-0.15, -0.1) is 0 Å². The summed E-state index contributed by atoms with van der Waals surface area (Å²) in [6.45, 7) is 2.75. The van der Waals surface area contributed by atoms with Crippen LogP contribution in [0.4, 0.5) is 0 Å². The molecule has 1 N–H and O–H groups in total. The highest BCUT2D eigenvalue weighted by Gasteiger charge is 2.20. The van der Waals surface area contributed by atoms with Gasteiger partial charge >= 0.3 is 0 Å². The average molecular weight is 318 g/mol. The van der Waals surface area contributed by atoms with Crippen LogP contribution in [-0.4, -0.2) is 21.3 Å². The van der Waals surface area contributed by atoms with Crippen LogP contribution in [0.1, 0.15) is 24.0 Å². The summed E-state index contributed by atoms with van der Waals surface area (Å²) in [6, 6.07) is 14.5. The molecule has 0 atom stereocenters. The van der Waals surface area contributed by atoms with E-state index in [0.29, 0.717) is 0 Å². The zero-order valence-corrected chi connectivity index (χ0v) is 13.7. The molecule has 0 spiro atoms. The van der Waals surface area contributed by atoms with Gasteiger partial charge in [-0.3, -0.25) is 9.67 Å². The van der Waals surface area contributed by atoms with Crippen LogP contribution in [0.15, 0.2) is 61.1 Å². The van der Waals surface area contributed by atoms with Gasteiger partial charge in [0.05, 0.1) is 12.2 Å². The molecule has 0 saturated heterocycles. The van der Waals surface area contributed by atoms with Crippen molar-refractivity contribution >= 4 is 0 Å². The summed E-state index contributed by atoms with van der Waals surface area (Å²) in [5, 5.41) is 8.40. The van der Waals surface area contributed by atoms with Crippen molar-refractivity contribution in [1.29, 1.82) is 0 Å². The van der Waals surface area contributed by atoms with Crippen LogP contribution < -0.4 is 5.32 Å². The van der Waals surface area contributed by atoms with Crippen LogP contribution in [0.3, 0.4) is 0 Å². The molecule has 0 amide bonds. The van der Waals surface area contributed by atoms with Crippen molar-refractivity contribution in [3.05, 3.63) is 72.2 Å². The first-order chi connectivity index (χ1) is 11.9. The van der Waals surface area contributed by atoms with E-state index in [9.17, 15) is 0 Å². The standard InChI is InChI=1S/C20H22N4/c1-2-5-17(6-3-1)14-24-15-19(13-22-11-16-8-9-16)20(23-24)18-7-4-10-21-12-18/h1-7,10,12,15-16,22H,8-9,11,13-14H2. The minimum atomic E-state index is 0.788. The van der Waals surface area contributed by atoms with Gasteiger partial charge in [-0.2, -0.15) is 5.10 Å². The smallest absolute Gasteiger partial charge is 0.0983 e. The highest BCUT2D eigenvalue weighted by atomic mass is 15.3. The maximum absolute atomic E-state index is 4.83. The molecule has 0 aliphatic heterocycles. The maximum Gasteiger partial charge on any atom is 0.0983 e. The van der Waals surface area contributed by atoms with Gasteiger partial charge in [0.15, 0.2) is 0 Å². The lowest BCUT2D eigenvalue weighted by molar-refractivity contribution is 0.637. The molecule has 1 fully saturated rings. The molecule has 2 heterocycles. The fraction of sp³-hybridized carbons (Fsp3) is 0.300. The number of nitrogens with zero attached hydrogens (tertiary/aromatic N) is 3. The summed E-state index contributed by atoms with van der Waals surface area (Å²) >= 11 is 0. The Balaban J connectivity index is 1.57. The second-order valence-corrected chi connectivity index (χ2v) is 6.50. The summed E-state index contributed by atoms with van der Waals surface area (Å²) in [5.74, 6) is 0.881. The third-order valence-corrected chi connectivity index (χ3v) is 4.41. The zero-order valence-electron chi connectivity index (χ0n) is 13.7. The molecule has 24 heavy (non-hydrogen) atoms. The molecule has 0 radical (unpaired) electrons. The van der Waals surface area contributed by atoms with E-state index in [-0.39, 0.29) is 0 Å².